The lowest BCUT2D eigenvalue weighted by Crippen LogP contribution is -2.48. The first-order valence-corrected chi connectivity index (χ1v) is 6.59. The molecule has 3 rings (SSSR count). The molecule has 2 heterocycles. The van der Waals surface area contributed by atoms with Gasteiger partial charge in [0.05, 0.1) is 13.2 Å². The highest BCUT2D eigenvalue weighted by Gasteiger charge is 2.41. The summed E-state index contributed by atoms with van der Waals surface area (Å²) in [5, 5.41) is 2.88. The third-order valence-electron chi connectivity index (χ3n) is 3.96. The zero-order chi connectivity index (χ0) is 13.5. The van der Waals surface area contributed by atoms with Gasteiger partial charge in [0.1, 0.15) is 5.78 Å². The Kier molecular flexibility index (Phi) is 2.90. The highest BCUT2D eigenvalue weighted by Crippen LogP contribution is 2.38. The van der Waals surface area contributed by atoms with Crippen LogP contribution in [0.4, 0.5) is 5.69 Å². The molecule has 4 heteroatoms. The molecule has 1 amide bonds. The van der Waals surface area contributed by atoms with Crippen LogP contribution < -0.4 is 5.32 Å². The average Bonchev–Trinajstić information content (AvgIpc) is 2.33. The molecule has 0 atom stereocenters. The highest BCUT2D eigenvalue weighted by atomic mass is 16.5. The molecule has 0 bridgehead atoms. The second kappa shape index (κ2) is 4.46. The Morgan fingerprint density at radius 1 is 1.37 bits per heavy atom. The maximum Gasteiger partial charge on any atom is 0.224 e. The van der Waals surface area contributed by atoms with E-state index in [1.54, 1.807) is 6.92 Å². The fourth-order valence-electron chi connectivity index (χ4n) is 2.91. The zero-order valence-corrected chi connectivity index (χ0v) is 11.0. The van der Waals surface area contributed by atoms with E-state index in [1.165, 1.54) is 0 Å². The van der Waals surface area contributed by atoms with Crippen LogP contribution in [-0.4, -0.2) is 24.9 Å². The quantitative estimate of drug-likeness (QED) is 0.900. The molecular weight excluding hydrogens is 242 g/mol. The van der Waals surface area contributed by atoms with Gasteiger partial charge in [-0.15, -0.1) is 0 Å². The van der Waals surface area contributed by atoms with Crippen molar-refractivity contribution in [3.63, 3.8) is 0 Å². The van der Waals surface area contributed by atoms with E-state index in [4.69, 9.17) is 4.74 Å². The molecule has 4 nitrogen and oxygen atoms in total. The van der Waals surface area contributed by atoms with Gasteiger partial charge in [-0.05, 0) is 30.5 Å². The number of aryl methyl sites for hydroxylation is 1. The summed E-state index contributed by atoms with van der Waals surface area (Å²) in [5.74, 6) is 0.264. The third-order valence-corrected chi connectivity index (χ3v) is 3.96. The minimum Gasteiger partial charge on any atom is -0.379 e. The van der Waals surface area contributed by atoms with Crippen molar-refractivity contribution in [2.24, 2.45) is 0 Å². The molecule has 0 spiro atoms. The lowest BCUT2D eigenvalue weighted by Gasteiger charge is -2.42. The number of ether oxygens (including phenoxy) is 1. The molecule has 1 aromatic rings. The summed E-state index contributed by atoms with van der Waals surface area (Å²) in [4.78, 5) is 22.8. The van der Waals surface area contributed by atoms with Gasteiger partial charge in [-0.1, -0.05) is 12.1 Å². The number of carbonyl (C=O) groups excluding carboxylic acids is 2. The van der Waals surface area contributed by atoms with Crippen molar-refractivity contribution >= 4 is 17.4 Å². The average molecular weight is 259 g/mol. The van der Waals surface area contributed by atoms with Gasteiger partial charge in [-0.2, -0.15) is 0 Å². The van der Waals surface area contributed by atoms with Gasteiger partial charge in [-0.3, -0.25) is 9.59 Å². The fourth-order valence-corrected chi connectivity index (χ4v) is 2.91. The molecule has 1 fully saturated rings. The number of fused-ring (bicyclic) bond motifs is 1. The number of carbonyl (C=O) groups is 2. The molecule has 0 aliphatic carbocycles. The second-order valence-corrected chi connectivity index (χ2v) is 5.57. The van der Waals surface area contributed by atoms with Gasteiger partial charge in [-0.25, -0.2) is 0 Å². The van der Waals surface area contributed by atoms with Crippen LogP contribution in [0.15, 0.2) is 18.2 Å². The normalized spacial score (nSPS) is 20.2. The molecular formula is C15H17NO3. The van der Waals surface area contributed by atoms with Crippen molar-refractivity contribution in [1.29, 1.82) is 0 Å². The summed E-state index contributed by atoms with van der Waals surface area (Å²) < 4.78 is 5.33. The fraction of sp³-hybridized carbons (Fsp3) is 0.467. The SMILES string of the molecule is CC(=O)CC1(c2ccc3c(c2)CCC(=O)N3)COC1. The standard InChI is InChI=1S/C15H17NO3/c1-10(17)7-15(8-19-9-15)12-3-4-13-11(6-12)2-5-14(18)16-13/h3-4,6H,2,5,7-9H2,1H3,(H,16,18). The Hall–Kier alpha value is -1.68. The van der Waals surface area contributed by atoms with Crippen molar-refractivity contribution in [3.8, 4) is 0 Å². The predicted molar refractivity (Wildman–Crippen MR) is 71.2 cm³/mol. The van der Waals surface area contributed by atoms with Crippen LogP contribution >= 0.6 is 0 Å². The summed E-state index contributed by atoms with van der Waals surface area (Å²) in [6.07, 6.45) is 1.83. The Morgan fingerprint density at radius 3 is 2.79 bits per heavy atom. The Labute approximate surface area is 112 Å². The van der Waals surface area contributed by atoms with Crippen LogP contribution in [0.3, 0.4) is 0 Å². The van der Waals surface area contributed by atoms with E-state index in [1.807, 2.05) is 12.1 Å². The molecule has 0 aromatic heterocycles. The van der Waals surface area contributed by atoms with Crippen molar-refractivity contribution < 1.29 is 14.3 Å². The number of hydrogen-bond acceptors (Lipinski definition) is 3. The van der Waals surface area contributed by atoms with E-state index >= 15 is 0 Å². The molecule has 0 radical (unpaired) electrons. The number of benzene rings is 1. The van der Waals surface area contributed by atoms with Gasteiger partial charge in [0, 0.05) is 23.9 Å². The second-order valence-electron chi connectivity index (χ2n) is 5.57. The smallest absolute Gasteiger partial charge is 0.224 e. The summed E-state index contributed by atoms with van der Waals surface area (Å²) in [7, 11) is 0. The minimum absolute atomic E-state index is 0.0747. The topological polar surface area (TPSA) is 55.4 Å². The van der Waals surface area contributed by atoms with Gasteiger partial charge in [0.15, 0.2) is 0 Å². The van der Waals surface area contributed by atoms with E-state index in [0.29, 0.717) is 26.1 Å². The largest absolute Gasteiger partial charge is 0.379 e. The van der Waals surface area contributed by atoms with E-state index in [2.05, 4.69) is 11.4 Å². The molecule has 1 aromatic carbocycles. The van der Waals surface area contributed by atoms with Crippen LogP contribution in [0, 0.1) is 0 Å². The molecule has 19 heavy (non-hydrogen) atoms. The zero-order valence-electron chi connectivity index (χ0n) is 11.0. The molecule has 100 valence electrons. The van der Waals surface area contributed by atoms with E-state index < -0.39 is 0 Å². The Morgan fingerprint density at radius 2 is 2.16 bits per heavy atom. The summed E-state index contributed by atoms with van der Waals surface area (Å²) in [5.41, 5.74) is 3.07. The first-order valence-electron chi connectivity index (χ1n) is 6.59. The van der Waals surface area contributed by atoms with Crippen LogP contribution in [0.25, 0.3) is 0 Å². The Balaban J connectivity index is 1.93. The van der Waals surface area contributed by atoms with Gasteiger partial charge in [0.2, 0.25) is 5.91 Å². The van der Waals surface area contributed by atoms with Crippen LogP contribution in [0.5, 0.6) is 0 Å². The molecule has 1 saturated heterocycles. The van der Waals surface area contributed by atoms with E-state index in [9.17, 15) is 9.59 Å². The lowest BCUT2D eigenvalue weighted by molar-refractivity contribution is -0.125. The summed E-state index contributed by atoms with van der Waals surface area (Å²) >= 11 is 0. The Bertz CT molecular complexity index is 546. The molecule has 2 aliphatic rings. The van der Waals surface area contributed by atoms with Crippen LogP contribution in [0.1, 0.15) is 30.9 Å². The summed E-state index contributed by atoms with van der Waals surface area (Å²) in [6, 6.07) is 6.08. The van der Waals surface area contributed by atoms with E-state index in [-0.39, 0.29) is 17.1 Å². The molecule has 1 N–H and O–H groups in total. The predicted octanol–water partition coefficient (Wildman–Crippen LogP) is 1.82. The van der Waals surface area contributed by atoms with Gasteiger partial charge >= 0.3 is 0 Å². The maximum atomic E-state index is 11.4. The lowest BCUT2D eigenvalue weighted by atomic mass is 9.74. The molecule has 0 unspecified atom stereocenters. The number of rotatable bonds is 3. The van der Waals surface area contributed by atoms with Crippen LogP contribution in [-0.2, 0) is 26.2 Å². The highest BCUT2D eigenvalue weighted by molar-refractivity contribution is 5.94. The first-order chi connectivity index (χ1) is 9.09. The van der Waals surface area contributed by atoms with Crippen LogP contribution in [0.2, 0.25) is 0 Å². The van der Waals surface area contributed by atoms with Crippen molar-refractivity contribution in [1.82, 2.24) is 0 Å². The minimum atomic E-state index is -0.150. The van der Waals surface area contributed by atoms with Gasteiger partial charge in [0.25, 0.3) is 0 Å². The van der Waals surface area contributed by atoms with Crippen molar-refractivity contribution in [2.75, 3.05) is 18.5 Å². The number of hydrogen-bond donors (Lipinski definition) is 1. The molecule has 2 aliphatic heterocycles. The third kappa shape index (κ3) is 2.16. The first kappa shape index (κ1) is 12.4. The molecule has 0 saturated carbocycles. The number of Topliss-reactive ketones (excluding diaryl/α,β-unsaturated/α-hetero) is 1. The monoisotopic (exact) mass is 259 g/mol. The summed E-state index contributed by atoms with van der Waals surface area (Å²) in [6.45, 7) is 2.84. The number of anilines is 1. The van der Waals surface area contributed by atoms with Gasteiger partial charge < -0.3 is 10.1 Å². The number of amides is 1. The van der Waals surface area contributed by atoms with Crippen molar-refractivity contribution in [3.05, 3.63) is 29.3 Å². The number of nitrogens with one attached hydrogen (secondary N) is 1. The maximum absolute atomic E-state index is 11.4. The van der Waals surface area contributed by atoms with E-state index in [0.717, 1.165) is 23.2 Å². The van der Waals surface area contributed by atoms with Crippen molar-refractivity contribution in [2.45, 2.75) is 31.6 Å². The number of ketones is 1.